The van der Waals surface area contributed by atoms with Gasteiger partial charge in [0.1, 0.15) is 0 Å². The molecule has 3 atom stereocenters. The molecular weight excluding hydrogens is 472 g/mol. The van der Waals surface area contributed by atoms with E-state index in [1.807, 2.05) is 18.2 Å². The van der Waals surface area contributed by atoms with Crippen LogP contribution in [0.3, 0.4) is 0 Å². The molecule has 0 fully saturated rings. The Morgan fingerprint density at radius 3 is 2.37 bits per heavy atom. The first-order valence-electron chi connectivity index (χ1n) is 10.8. The summed E-state index contributed by atoms with van der Waals surface area (Å²) in [5, 5.41) is 25.7. The lowest BCUT2D eigenvalue weighted by Crippen LogP contribution is -2.29. The van der Waals surface area contributed by atoms with Crippen LogP contribution in [0.1, 0.15) is 29.5 Å². The number of non-ortho nitro benzene ring substituents is 2. The second kappa shape index (κ2) is 8.51. The van der Waals surface area contributed by atoms with E-state index in [4.69, 9.17) is 0 Å². The Balaban J connectivity index is 1.47. The molecule has 0 amide bonds. The molecule has 2 N–H and O–H groups in total. The van der Waals surface area contributed by atoms with Crippen molar-refractivity contribution >= 4 is 32.8 Å². The maximum Gasteiger partial charge on any atom is 0.271 e. The lowest BCUT2D eigenvalue weighted by atomic mass is 9.77. The van der Waals surface area contributed by atoms with Crippen LogP contribution in [0, 0.1) is 26.1 Å². The zero-order chi connectivity index (χ0) is 24.7. The molecule has 10 nitrogen and oxygen atoms in total. The van der Waals surface area contributed by atoms with E-state index in [-0.39, 0.29) is 39.8 Å². The van der Waals surface area contributed by atoms with Crippen molar-refractivity contribution in [2.45, 2.75) is 23.3 Å². The van der Waals surface area contributed by atoms with Crippen LogP contribution in [-0.4, -0.2) is 18.3 Å². The smallest absolute Gasteiger partial charge is 0.271 e. The standard InChI is InChI=1S/C24H20N4O6S/c29-27(30)17-6-1-4-15(12-17)24-21-9-3-8-20(21)22-14-19(10-11-23(22)25-24)35(33,34)26-16-5-2-7-18(13-16)28(31)32/h1-8,10-14,20-21,24-26H,9H2/t20-,21+,24+/m0/s1. The summed E-state index contributed by atoms with van der Waals surface area (Å²) < 4.78 is 28.5. The van der Waals surface area contributed by atoms with Gasteiger partial charge in [-0.05, 0) is 47.7 Å². The van der Waals surface area contributed by atoms with Crippen LogP contribution < -0.4 is 10.0 Å². The summed E-state index contributed by atoms with van der Waals surface area (Å²) in [7, 11) is -4.00. The van der Waals surface area contributed by atoms with Crippen LogP contribution in [0.15, 0.2) is 83.8 Å². The zero-order valence-electron chi connectivity index (χ0n) is 18.2. The van der Waals surface area contributed by atoms with E-state index >= 15 is 0 Å². The Morgan fingerprint density at radius 1 is 0.914 bits per heavy atom. The van der Waals surface area contributed by atoms with Crippen LogP contribution >= 0.6 is 0 Å². The van der Waals surface area contributed by atoms with E-state index in [9.17, 15) is 28.6 Å². The molecule has 5 rings (SSSR count). The molecule has 3 aromatic carbocycles. The third kappa shape index (κ3) is 4.21. The zero-order valence-corrected chi connectivity index (χ0v) is 19.0. The van der Waals surface area contributed by atoms with Crippen LogP contribution in [0.25, 0.3) is 0 Å². The Morgan fingerprint density at radius 2 is 1.63 bits per heavy atom. The Hall–Kier alpha value is -4.25. The van der Waals surface area contributed by atoms with Gasteiger partial charge in [-0.15, -0.1) is 0 Å². The first-order valence-corrected chi connectivity index (χ1v) is 12.3. The van der Waals surface area contributed by atoms with Gasteiger partial charge >= 0.3 is 0 Å². The molecule has 2 aliphatic rings. The van der Waals surface area contributed by atoms with Gasteiger partial charge in [0.25, 0.3) is 21.4 Å². The summed E-state index contributed by atoms with van der Waals surface area (Å²) in [6.45, 7) is 0. The second-order valence-corrected chi connectivity index (χ2v) is 10.2. The third-order valence-corrected chi connectivity index (χ3v) is 7.77. The maximum atomic E-state index is 13.1. The quantitative estimate of drug-likeness (QED) is 0.276. The number of rotatable bonds is 6. The van der Waals surface area contributed by atoms with E-state index in [0.717, 1.165) is 29.3 Å². The number of benzene rings is 3. The molecule has 0 radical (unpaired) electrons. The van der Waals surface area contributed by atoms with Gasteiger partial charge in [0.15, 0.2) is 0 Å². The number of nitrogens with zero attached hydrogens (tertiary/aromatic N) is 2. The van der Waals surface area contributed by atoms with Gasteiger partial charge in [-0.2, -0.15) is 0 Å². The van der Waals surface area contributed by atoms with E-state index < -0.39 is 19.9 Å². The molecule has 3 aromatic rings. The largest absolute Gasteiger partial charge is 0.378 e. The van der Waals surface area contributed by atoms with E-state index in [1.165, 1.54) is 30.3 Å². The van der Waals surface area contributed by atoms with Crippen LogP contribution in [0.4, 0.5) is 22.7 Å². The molecule has 11 heteroatoms. The number of sulfonamides is 1. The van der Waals surface area contributed by atoms with Gasteiger partial charge in [0.2, 0.25) is 0 Å². The number of nitro benzene ring substituents is 2. The highest BCUT2D eigenvalue weighted by molar-refractivity contribution is 7.92. The van der Waals surface area contributed by atoms with Crippen molar-refractivity contribution in [2.75, 3.05) is 10.0 Å². The van der Waals surface area contributed by atoms with Crippen molar-refractivity contribution in [3.63, 3.8) is 0 Å². The SMILES string of the molecule is O=[N+]([O-])c1cccc(NS(=O)(=O)c2ccc3c(c2)[C@H]2C=CC[C@H]2[C@@H](c2cccc([N+](=O)[O-])c2)N3)c1. The van der Waals surface area contributed by atoms with Gasteiger partial charge in [-0.3, -0.25) is 25.0 Å². The number of nitro groups is 2. The summed E-state index contributed by atoms with van der Waals surface area (Å²) in [5.41, 5.74) is 2.26. The van der Waals surface area contributed by atoms with Crippen LogP contribution in [-0.2, 0) is 10.0 Å². The van der Waals surface area contributed by atoms with Crippen molar-refractivity contribution in [3.05, 3.63) is 110 Å². The first-order chi connectivity index (χ1) is 16.7. The summed E-state index contributed by atoms with van der Waals surface area (Å²) >= 11 is 0. The highest BCUT2D eigenvalue weighted by Gasteiger charge is 2.38. The predicted octanol–water partition coefficient (Wildman–Crippen LogP) is 5.13. The highest BCUT2D eigenvalue weighted by atomic mass is 32.2. The van der Waals surface area contributed by atoms with Gasteiger partial charge in [0, 0.05) is 35.9 Å². The molecule has 0 spiro atoms. The lowest BCUT2D eigenvalue weighted by molar-refractivity contribution is -0.385. The number of nitrogens with one attached hydrogen (secondary N) is 2. The first kappa shape index (κ1) is 22.5. The lowest BCUT2D eigenvalue weighted by Gasteiger charge is -2.37. The third-order valence-electron chi connectivity index (χ3n) is 6.39. The molecule has 1 aliphatic heterocycles. The Kier molecular flexibility index (Phi) is 5.48. The minimum absolute atomic E-state index is 0.0197. The fraction of sp³-hybridized carbons (Fsp3) is 0.167. The average Bonchev–Trinajstić information content (AvgIpc) is 3.33. The predicted molar refractivity (Wildman–Crippen MR) is 130 cm³/mol. The van der Waals surface area contributed by atoms with Crippen molar-refractivity contribution in [1.82, 2.24) is 0 Å². The fourth-order valence-electron chi connectivity index (χ4n) is 4.80. The number of allylic oxidation sites excluding steroid dienone is 2. The van der Waals surface area contributed by atoms with Crippen molar-refractivity contribution in [1.29, 1.82) is 0 Å². The van der Waals surface area contributed by atoms with Gasteiger partial charge < -0.3 is 5.32 Å². The van der Waals surface area contributed by atoms with E-state index in [0.29, 0.717) is 0 Å². The van der Waals surface area contributed by atoms with E-state index in [1.54, 1.807) is 24.3 Å². The van der Waals surface area contributed by atoms with Gasteiger partial charge in [0.05, 0.1) is 26.5 Å². The summed E-state index contributed by atoms with van der Waals surface area (Å²) in [6, 6.07) is 16.4. The Bertz CT molecular complexity index is 1490. The van der Waals surface area contributed by atoms with Crippen LogP contribution in [0.5, 0.6) is 0 Å². The van der Waals surface area contributed by atoms with Crippen molar-refractivity contribution < 1.29 is 18.3 Å². The van der Waals surface area contributed by atoms with Gasteiger partial charge in [-0.25, -0.2) is 8.42 Å². The topological polar surface area (TPSA) is 144 Å². The molecular formula is C24H20N4O6S. The molecule has 1 heterocycles. The number of anilines is 2. The van der Waals surface area contributed by atoms with E-state index in [2.05, 4.69) is 10.0 Å². The van der Waals surface area contributed by atoms with Gasteiger partial charge in [-0.1, -0.05) is 30.4 Å². The Labute approximate surface area is 200 Å². The molecule has 0 unspecified atom stereocenters. The molecule has 0 bridgehead atoms. The highest BCUT2D eigenvalue weighted by Crippen LogP contribution is 2.50. The molecule has 0 saturated carbocycles. The molecule has 0 saturated heterocycles. The monoisotopic (exact) mass is 492 g/mol. The minimum atomic E-state index is -4.00. The number of hydrogen-bond donors (Lipinski definition) is 2. The summed E-state index contributed by atoms with van der Waals surface area (Å²) in [5.74, 6) is -0.00401. The average molecular weight is 493 g/mol. The molecule has 0 aromatic heterocycles. The maximum absolute atomic E-state index is 13.1. The summed E-state index contributed by atoms with van der Waals surface area (Å²) in [4.78, 5) is 21.3. The second-order valence-electron chi connectivity index (χ2n) is 8.49. The van der Waals surface area contributed by atoms with Crippen molar-refractivity contribution in [2.24, 2.45) is 5.92 Å². The molecule has 35 heavy (non-hydrogen) atoms. The normalized spacial score (nSPS) is 20.4. The number of hydrogen-bond acceptors (Lipinski definition) is 7. The minimum Gasteiger partial charge on any atom is -0.378 e. The summed E-state index contributed by atoms with van der Waals surface area (Å²) in [6.07, 6.45) is 4.82. The molecule has 178 valence electrons. The fourth-order valence-corrected chi connectivity index (χ4v) is 5.88. The van der Waals surface area contributed by atoms with Crippen LogP contribution in [0.2, 0.25) is 0 Å². The van der Waals surface area contributed by atoms with Crippen molar-refractivity contribution in [3.8, 4) is 0 Å². The molecule has 1 aliphatic carbocycles. The number of fused-ring (bicyclic) bond motifs is 3.